The van der Waals surface area contributed by atoms with E-state index in [0.717, 1.165) is 5.75 Å². The van der Waals surface area contributed by atoms with Crippen LogP contribution < -0.4 is 5.46 Å². The molecule has 0 aliphatic heterocycles. The monoisotopic (exact) mass is 244 g/mol. The van der Waals surface area contributed by atoms with Crippen LogP contribution in [0.25, 0.3) is 0 Å². The van der Waals surface area contributed by atoms with Crippen molar-refractivity contribution in [1.29, 1.82) is 0 Å². The minimum Gasteiger partial charge on any atom is -0.423 e. The smallest absolute Gasteiger partial charge is 0.423 e. The van der Waals surface area contributed by atoms with Gasteiger partial charge in [-0.1, -0.05) is 42.5 Å². The predicted molar refractivity (Wildman–Crippen MR) is 72.3 cm³/mol. The summed E-state index contributed by atoms with van der Waals surface area (Å²) in [4.78, 5) is 1.23. The lowest BCUT2D eigenvalue weighted by Crippen LogP contribution is -2.29. The summed E-state index contributed by atoms with van der Waals surface area (Å²) in [5, 5.41) is 17.9. The van der Waals surface area contributed by atoms with Gasteiger partial charge >= 0.3 is 7.12 Å². The first-order valence-corrected chi connectivity index (χ1v) is 6.37. The van der Waals surface area contributed by atoms with Crippen LogP contribution in [0.5, 0.6) is 0 Å². The van der Waals surface area contributed by atoms with Crippen molar-refractivity contribution in [2.75, 3.05) is 0 Å². The maximum atomic E-state index is 8.97. The average Bonchev–Trinajstić information content (AvgIpc) is 2.38. The van der Waals surface area contributed by atoms with Gasteiger partial charge in [0.05, 0.1) is 0 Å². The first-order valence-electron chi connectivity index (χ1n) is 5.38. The Bertz CT molecular complexity index is 457. The third-order valence-electron chi connectivity index (χ3n) is 2.43. The van der Waals surface area contributed by atoms with E-state index in [1.165, 1.54) is 10.5 Å². The average molecular weight is 244 g/mol. The zero-order valence-corrected chi connectivity index (χ0v) is 10.1. The molecule has 0 radical (unpaired) electrons. The second kappa shape index (κ2) is 5.91. The van der Waals surface area contributed by atoms with Crippen LogP contribution >= 0.6 is 11.8 Å². The maximum absolute atomic E-state index is 8.97. The molecule has 0 aliphatic carbocycles. The van der Waals surface area contributed by atoms with Gasteiger partial charge in [0.25, 0.3) is 0 Å². The molecule has 0 aliphatic rings. The van der Waals surface area contributed by atoms with Crippen molar-refractivity contribution in [3.8, 4) is 0 Å². The van der Waals surface area contributed by atoms with E-state index in [1.54, 1.807) is 23.9 Å². The molecular weight excluding hydrogens is 231 g/mol. The van der Waals surface area contributed by atoms with E-state index in [9.17, 15) is 0 Å². The second-order valence-corrected chi connectivity index (χ2v) is 4.77. The third kappa shape index (κ3) is 3.63. The van der Waals surface area contributed by atoms with E-state index >= 15 is 0 Å². The topological polar surface area (TPSA) is 40.5 Å². The van der Waals surface area contributed by atoms with Gasteiger partial charge in [-0.3, -0.25) is 0 Å². The highest BCUT2D eigenvalue weighted by Crippen LogP contribution is 2.21. The number of hydrogen-bond donors (Lipinski definition) is 2. The zero-order chi connectivity index (χ0) is 12.1. The quantitative estimate of drug-likeness (QED) is 0.634. The Balaban J connectivity index is 1.96. The van der Waals surface area contributed by atoms with Crippen molar-refractivity contribution in [3.05, 3.63) is 60.2 Å². The van der Waals surface area contributed by atoms with E-state index in [-0.39, 0.29) is 0 Å². The number of hydrogen-bond acceptors (Lipinski definition) is 3. The van der Waals surface area contributed by atoms with Gasteiger partial charge in [-0.25, -0.2) is 0 Å². The number of benzene rings is 2. The molecule has 0 bridgehead atoms. The van der Waals surface area contributed by atoms with Crippen molar-refractivity contribution < 1.29 is 10.0 Å². The highest BCUT2D eigenvalue weighted by molar-refractivity contribution is 7.98. The van der Waals surface area contributed by atoms with Crippen molar-refractivity contribution in [3.63, 3.8) is 0 Å². The van der Waals surface area contributed by atoms with E-state index in [1.807, 2.05) is 30.3 Å². The van der Waals surface area contributed by atoms with Crippen LogP contribution in [0.3, 0.4) is 0 Å². The van der Waals surface area contributed by atoms with Gasteiger partial charge in [-0.15, -0.1) is 11.8 Å². The van der Waals surface area contributed by atoms with Gasteiger partial charge in [0.15, 0.2) is 0 Å². The number of rotatable bonds is 4. The van der Waals surface area contributed by atoms with Crippen molar-refractivity contribution in [1.82, 2.24) is 0 Å². The van der Waals surface area contributed by atoms with Gasteiger partial charge in [0.1, 0.15) is 0 Å². The summed E-state index contributed by atoms with van der Waals surface area (Å²) < 4.78 is 0. The fourth-order valence-corrected chi connectivity index (χ4v) is 2.34. The van der Waals surface area contributed by atoms with Crippen LogP contribution in [-0.2, 0) is 5.75 Å². The van der Waals surface area contributed by atoms with E-state index in [2.05, 4.69) is 12.1 Å². The summed E-state index contributed by atoms with van der Waals surface area (Å²) in [5.41, 5.74) is 1.70. The molecule has 2 aromatic rings. The first kappa shape index (κ1) is 12.2. The first-order chi connectivity index (χ1) is 8.25. The van der Waals surface area contributed by atoms with Gasteiger partial charge in [0.2, 0.25) is 0 Å². The minimum absolute atomic E-state index is 0.526. The molecule has 0 heterocycles. The van der Waals surface area contributed by atoms with Gasteiger partial charge < -0.3 is 10.0 Å². The van der Waals surface area contributed by atoms with Crippen molar-refractivity contribution >= 4 is 24.3 Å². The molecule has 2 N–H and O–H groups in total. The molecule has 2 aromatic carbocycles. The summed E-state index contributed by atoms with van der Waals surface area (Å²) in [7, 11) is -1.38. The Kier molecular flexibility index (Phi) is 4.26. The molecule has 86 valence electrons. The Labute approximate surface area is 105 Å². The summed E-state index contributed by atoms with van der Waals surface area (Å²) in [6.45, 7) is 0. The normalized spacial score (nSPS) is 10.2. The summed E-state index contributed by atoms with van der Waals surface area (Å²) in [6, 6.07) is 17.5. The summed E-state index contributed by atoms with van der Waals surface area (Å²) in [6.07, 6.45) is 0. The molecule has 17 heavy (non-hydrogen) atoms. The fraction of sp³-hybridized carbons (Fsp3) is 0.0769. The molecule has 0 amide bonds. The lowest BCUT2D eigenvalue weighted by Gasteiger charge is -2.03. The SMILES string of the molecule is OB(O)c1ccc(CSc2ccccc2)cc1. The molecule has 0 unspecified atom stereocenters. The molecule has 0 saturated heterocycles. The summed E-state index contributed by atoms with van der Waals surface area (Å²) in [5.74, 6) is 0.881. The molecule has 0 saturated carbocycles. The molecule has 0 atom stereocenters. The standard InChI is InChI=1S/C13H13BO2S/c15-14(16)12-8-6-11(7-9-12)10-17-13-4-2-1-3-5-13/h1-9,15-16H,10H2. The van der Waals surface area contributed by atoms with E-state index < -0.39 is 7.12 Å². The highest BCUT2D eigenvalue weighted by atomic mass is 32.2. The van der Waals surface area contributed by atoms with E-state index in [4.69, 9.17) is 10.0 Å². The van der Waals surface area contributed by atoms with E-state index in [0.29, 0.717) is 5.46 Å². The second-order valence-electron chi connectivity index (χ2n) is 3.72. The van der Waals surface area contributed by atoms with Crippen LogP contribution in [-0.4, -0.2) is 17.2 Å². The molecule has 4 heteroatoms. The zero-order valence-electron chi connectivity index (χ0n) is 9.28. The Morgan fingerprint density at radius 2 is 1.53 bits per heavy atom. The molecule has 0 spiro atoms. The molecule has 2 rings (SSSR count). The maximum Gasteiger partial charge on any atom is 0.488 e. The Morgan fingerprint density at radius 3 is 2.12 bits per heavy atom. The summed E-state index contributed by atoms with van der Waals surface area (Å²) >= 11 is 1.76. The Hall–Kier alpha value is -1.23. The minimum atomic E-state index is -1.38. The molecule has 0 fully saturated rings. The van der Waals surface area contributed by atoms with Gasteiger partial charge in [0, 0.05) is 10.6 Å². The van der Waals surface area contributed by atoms with Crippen LogP contribution in [0.15, 0.2) is 59.5 Å². The predicted octanol–water partition coefficient (Wildman–Crippen LogP) is 1.66. The van der Waals surface area contributed by atoms with Gasteiger partial charge in [-0.2, -0.15) is 0 Å². The Morgan fingerprint density at radius 1 is 0.882 bits per heavy atom. The fourth-order valence-electron chi connectivity index (χ4n) is 1.47. The molecular formula is C13H13BO2S. The number of thioether (sulfide) groups is 1. The highest BCUT2D eigenvalue weighted by Gasteiger charge is 2.09. The third-order valence-corrected chi connectivity index (χ3v) is 3.51. The lowest BCUT2D eigenvalue weighted by atomic mass is 9.80. The van der Waals surface area contributed by atoms with Gasteiger partial charge in [-0.05, 0) is 23.2 Å². The van der Waals surface area contributed by atoms with Crippen LogP contribution in [0.1, 0.15) is 5.56 Å². The van der Waals surface area contributed by atoms with Crippen LogP contribution in [0.2, 0.25) is 0 Å². The molecule has 2 nitrogen and oxygen atoms in total. The lowest BCUT2D eigenvalue weighted by molar-refractivity contribution is 0.426. The van der Waals surface area contributed by atoms with Crippen molar-refractivity contribution in [2.45, 2.75) is 10.6 Å². The largest absolute Gasteiger partial charge is 0.488 e. The molecule has 0 aromatic heterocycles. The van der Waals surface area contributed by atoms with Crippen LogP contribution in [0, 0.1) is 0 Å². The van der Waals surface area contributed by atoms with Crippen LogP contribution in [0.4, 0.5) is 0 Å². The van der Waals surface area contributed by atoms with Crippen molar-refractivity contribution in [2.24, 2.45) is 0 Å².